The molecule has 1 aromatic heterocycles. The lowest BCUT2D eigenvalue weighted by atomic mass is 10.2. The van der Waals surface area contributed by atoms with Gasteiger partial charge in [-0.3, -0.25) is 4.79 Å². The first-order valence-electron chi connectivity index (χ1n) is 6.97. The van der Waals surface area contributed by atoms with Crippen molar-refractivity contribution in [3.05, 3.63) is 41.7 Å². The normalized spacial score (nSPS) is 10.5. The highest BCUT2D eigenvalue weighted by molar-refractivity contribution is 5.72. The van der Waals surface area contributed by atoms with E-state index in [9.17, 15) is 4.79 Å². The zero-order chi connectivity index (χ0) is 14.4. The lowest BCUT2D eigenvalue weighted by Gasteiger charge is -2.02. The van der Waals surface area contributed by atoms with Gasteiger partial charge in [-0.15, -0.1) is 0 Å². The highest BCUT2D eigenvalue weighted by Crippen LogP contribution is 2.18. The number of nitrogens with zero attached hydrogens (tertiary/aromatic N) is 1. The first-order valence-corrected chi connectivity index (χ1v) is 6.97. The van der Waals surface area contributed by atoms with Crippen LogP contribution in [0, 0.1) is 6.92 Å². The van der Waals surface area contributed by atoms with Gasteiger partial charge in [0.1, 0.15) is 5.82 Å². The van der Waals surface area contributed by atoms with Crippen LogP contribution in [0.4, 0.5) is 0 Å². The van der Waals surface area contributed by atoms with E-state index < -0.39 is 0 Å². The maximum absolute atomic E-state index is 11.7. The van der Waals surface area contributed by atoms with Gasteiger partial charge in [0.2, 0.25) is 0 Å². The number of rotatable bonds is 6. The Kier molecular flexibility index (Phi) is 4.93. The Morgan fingerprint density at radius 3 is 2.75 bits per heavy atom. The van der Waals surface area contributed by atoms with Crippen molar-refractivity contribution < 1.29 is 9.53 Å². The molecule has 1 N–H and O–H groups in total. The van der Waals surface area contributed by atoms with Crippen LogP contribution in [-0.2, 0) is 16.0 Å². The highest BCUT2D eigenvalue weighted by atomic mass is 16.5. The van der Waals surface area contributed by atoms with Crippen LogP contribution in [-0.4, -0.2) is 22.5 Å². The van der Waals surface area contributed by atoms with Crippen molar-refractivity contribution >= 4 is 5.97 Å². The van der Waals surface area contributed by atoms with Gasteiger partial charge in [-0.2, -0.15) is 0 Å². The van der Waals surface area contributed by atoms with E-state index in [2.05, 4.69) is 16.9 Å². The summed E-state index contributed by atoms with van der Waals surface area (Å²) in [5, 5.41) is 0. The summed E-state index contributed by atoms with van der Waals surface area (Å²) in [5.41, 5.74) is 2.68. The van der Waals surface area contributed by atoms with Gasteiger partial charge in [0.15, 0.2) is 0 Å². The zero-order valence-electron chi connectivity index (χ0n) is 12.0. The van der Waals surface area contributed by atoms with E-state index in [-0.39, 0.29) is 12.4 Å². The summed E-state index contributed by atoms with van der Waals surface area (Å²) in [7, 11) is 0. The van der Waals surface area contributed by atoms with Gasteiger partial charge >= 0.3 is 5.97 Å². The van der Waals surface area contributed by atoms with E-state index in [0.717, 1.165) is 35.6 Å². The SMILES string of the molecule is CCCCOC(=O)Cc1nc(-c2ccccc2)[nH]c1C. The molecular formula is C16H20N2O2. The summed E-state index contributed by atoms with van der Waals surface area (Å²) >= 11 is 0. The molecule has 0 atom stereocenters. The second kappa shape index (κ2) is 6.89. The van der Waals surface area contributed by atoms with Gasteiger partial charge in [-0.1, -0.05) is 43.7 Å². The maximum atomic E-state index is 11.7. The lowest BCUT2D eigenvalue weighted by molar-refractivity contribution is -0.143. The van der Waals surface area contributed by atoms with Crippen LogP contribution in [0.3, 0.4) is 0 Å². The number of carbonyl (C=O) groups excluding carboxylic acids is 1. The molecule has 1 aromatic carbocycles. The summed E-state index contributed by atoms with van der Waals surface area (Å²) in [6.45, 7) is 4.48. The fourth-order valence-electron chi connectivity index (χ4n) is 1.92. The Morgan fingerprint density at radius 1 is 1.30 bits per heavy atom. The fraction of sp³-hybridized carbons (Fsp3) is 0.375. The smallest absolute Gasteiger partial charge is 0.311 e. The second-order valence-corrected chi connectivity index (χ2v) is 4.77. The Labute approximate surface area is 119 Å². The Morgan fingerprint density at radius 2 is 2.05 bits per heavy atom. The summed E-state index contributed by atoms with van der Waals surface area (Å²) in [5.74, 6) is 0.576. The van der Waals surface area contributed by atoms with Gasteiger partial charge < -0.3 is 9.72 Å². The van der Waals surface area contributed by atoms with E-state index in [0.29, 0.717) is 6.61 Å². The van der Waals surface area contributed by atoms with Crippen LogP contribution in [0.5, 0.6) is 0 Å². The zero-order valence-corrected chi connectivity index (χ0v) is 12.0. The standard InChI is InChI=1S/C16H20N2O2/c1-3-4-10-20-15(19)11-14-12(2)17-16(18-14)13-8-6-5-7-9-13/h5-9H,3-4,10-11H2,1-2H3,(H,17,18). The molecule has 106 valence electrons. The molecule has 2 rings (SSSR count). The molecule has 2 aromatic rings. The van der Waals surface area contributed by atoms with Gasteiger partial charge in [-0.05, 0) is 13.3 Å². The van der Waals surface area contributed by atoms with Crippen LogP contribution < -0.4 is 0 Å². The van der Waals surface area contributed by atoms with Gasteiger partial charge in [-0.25, -0.2) is 4.98 Å². The first-order chi connectivity index (χ1) is 9.70. The maximum Gasteiger partial charge on any atom is 0.311 e. The number of imidazole rings is 1. The van der Waals surface area contributed by atoms with Gasteiger partial charge in [0, 0.05) is 11.3 Å². The fourth-order valence-corrected chi connectivity index (χ4v) is 1.92. The van der Waals surface area contributed by atoms with Crippen molar-refractivity contribution in [3.63, 3.8) is 0 Å². The van der Waals surface area contributed by atoms with Crippen molar-refractivity contribution in [1.82, 2.24) is 9.97 Å². The second-order valence-electron chi connectivity index (χ2n) is 4.77. The third kappa shape index (κ3) is 3.70. The Balaban J connectivity index is 2.03. The van der Waals surface area contributed by atoms with E-state index >= 15 is 0 Å². The van der Waals surface area contributed by atoms with Crippen LogP contribution in [0.15, 0.2) is 30.3 Å². The first kappa shape index (κ1) is 14.3. The van der Waals surface area contributed by atoms with E-state index in [1.54, 1.807) is 0 Å². The monoisotopic (exact) mass is 272 g/mol. The average molecular weight is 272 g/mol. The number of esters is 1. The van der Waals surface area contributed by atoms with Crippen molar-refractivity contribution in [3.8, 4) is 11.4 Å². The number of unbranched alkanes of at least 4 members (excludes halogenated alkanes) is 1. The number of hydrogen-bond donors (Lipinski definition) is 1. The molecule has 0 aliphatic heterocycles. The molecule has 0 saturated carbocycles. The topological polar surface area (TPSA) is 55.0 Å². The summed E-state index contributed by atoms with van der Waals surface area (Å²) in [6, 6.07) is 9.87. The van der Waals surface area contributed by atoms with Gasteiger partial charge in [0.25, 0.3) is 0 Å². The molecule has 4 nitrogen and oxygen atoms in total. The van der Waals surface area contributed by atoms with Crippen molar-refractivity contribution in [2.45, 2.75) is 33.1 Å². The predicted octanol–water partition coefficient (Wildman–Crippen LogP) is 3.27. The minimum absolute atomic E-state index is 0.215. The molecule has 0 radical (unpaired) electrons. The van der Waals surface area contributed by atoms with E-state index in [4.69, 9.17) is 4.74 Å². The summed E-state index contributed by atoms with van der Waals surface area (Å²) in [4.78, 5) is 19.4. The van der Waals surface area contributed by atoms with Crippen molar-refractivity contribution in [2.75, 3.05) is 6.61 Å². The highest BCUT2D eigenvalue weighted by Gasteiger charge is 2.13. The molecule has 0 fully saturated rings. The molecule has 0 saturated heterocycles. The number of aryl methyl sites for hydroxylation is 1. The molecule has 20 heavy (non-hydrogen) atoms. The summed E-state index contributed by atoms with van der Waals surface area (Å²) in [6.07, 6.45) is 2.15. The molecule has 0 unspecified atom stereocenters. The molecule has 1 heterocycles. The lowest BCUT2D eigenvalue weighted by Crippen LogP contribution is -2.10. The molecule has 0 spiro atoms. The quantitative estimate of drug-likeness (QED) is 0.648. The van der Waals surface area contributed by atoms with Crippen molar-refractivity contribution in [2.24, 2.45) is 0 Å². The molecule has 0 aliphatic rings. The molecular weight excluding hydrogens is 252 g/mol. The number of hydrogen-bond acceptors (Lipinski definition) is 3. The molecule has 0 bridgehead atoms. The minimum Gasteiger partial charge on any atom is -0.465 e. The number of aromatic nitrogens is 2. The summed E-state index contributed by atoms with van der Waals surface area (Å²) < 4.78 is 5.16. The van der Waals surface area contributed by atoms with Crippen LogP contribution in [0.1, 0.15) is 31.2 Å². The van der Waals surface area contributed by atoms with Crippen LogP contribution in [0.2, 0.25) is 0 Å². The Hall–Kier alpha value is -2.10. The molecule has 4 heteroatoms. The van der Waals surface area contributed by atoms with E-state index in [1.165, 1.54) is 0 Å². The number of benzene rings is 1. The Bertz CT molecular complexity index is 561. The van der Waals surface area contributed by atoms with Crippen molar-refractivity contribution in [1.29, 1.82) is 0 Å². The number of ether oxygens (including phenoxy) is 1. The average Bonchev–Trinajstić information content (AvgIpc) is 2.81. The molecule has 0 aliphatic carbocycles. The number of nitrogens with one attached hydrogen (secondary N) is 1. The van der Waals surface area contributed by atoms with Gasteiger partial charge in [0.05, 0.1) is 18.7 Å². The van der Waals surface area contributed by atoms with Crippen LogP contribution in [0.25, 0.3) is 11.4 Å². The third-order valence-electron chi connectivity index (χ3n) is 3.11. The number of H-pyrrole nitrogens is 1. The number of aromatic amines is 1. The molecule has 0 amide bonds. The predicted molar refractivity (Wildman–Crippen MR) is 78.3 cm³/mol. The largest absolute Gasteiger partial charge is 0.465 e. The van der Waals surface area contributed by atoms with E-state index in [1.807, 2.05) is 37.3 Å². The number of carbonyl (C=O) groups is 1. The third-order valence-corrected chi connectivity index (χ3v) is 3.11. The van der Waals surface area contributed by atoms with Crippen LogP contribution >= 0.6 is 0 Å². The minimum atomic E-state index is -0.215.